The molecule has 10 heteroatoms. The van der Waals surface area contributed by atoms with Gasteiger partial charge in [0.25, 0.3) is 5.91 Å². The number of nitrogens with zero attached hydrogens (tertiary/aromatic N) is 1. The number of carbonyl (C=O) groups excluding carboxylic acids is 2. The zero-order valence-electron chi connectivity index (χ0n) is 21.6. The SMILES string of the molecule is CCOP(=O)(OCC)c1ccc2c(c1)C(=C(Nc1ccc(N(C)C(=O)CN)cc1)c1ccccc1)C(=O)N2. The minimum Gasteiger partial charge on any atom is -0.354 e. The van der Waals surface area contributed by atoms with Gasteiger partial charge in [-0.1, -0.05) is 30.3 Å². The van der Waals surface area contributed by atoms with Crippen LogP contribution >= 0.6 is 7.60 Å². The van der Waals surface area contributed by atoms with Crippen molar-refractivity contribution >= 4 is 53.0 Å². The lowest BCUT2D eigenvalue weighted by molar-refractivity contribution is -0.117. The Morgan fingerprint density at radius 2 is 1.66 bits per heavy atom. The molecule has 0 saturated heterocycles. The van der Waals surface area contributed by atoms with Crippen LogP contribution in [0.15, 0.2) is 72.8 Å². The summed E-state index contributed by atoms with van der Waals surface area (Å²) in [5.74, 6) is -0.500. The van der Waals surface area contributed by atoms with Gasteiger partial charge in [-0.3, -0.25) is 14.2 Å². The highest BCUT2D eigenvalue weighted by atomic mass is 31.2. The summed E-state index contributed by atoms with van der Waals surface area (Å²) < 4.78 is 24.5. The van der Waals surface area contributed by atoms with Crippen LogP contribution in [0, 0.1) is 0 Å². The van der Waals surface area contributed by atoms with Gasteiger partial charge in [0, 0.05) is 29.7 Å². The van der Waals surface area contributed by atoms with E-state index in [0.717, 1.165) is 5.56 Å². The molecule has 198 valence electrons. The van der Waals surface area contributed by atoms with Crippen molar-refractivity contribution in [3.05, 3.63) is 83.9 Å². The molecular formula is C28H31N4O5P. The molecule has 0 atom stereocenters. The van der Waals surface area contributed by atoms with E-state index >= 15 is 0 Å². The van der Waals surface area contributed by atoms with Crippen molar-refractivity contribution < 1.29 is 23.2 Å². The number of rotatable bonds is 10. The molecule has 0 aromatic heterocycles. The van der Waals surface area contributed by atoms with Crippen LogP contribution < -0.4 is 26.6 Å². The molecular weight excluding hydrogens is 503 g/mol. The second kappa shape index (κ2) is 11.8. The van der Waals surface area contributed by atoms with Gasteiger partial charge in [0.15, 0.2) is 0 Å². The molecule has 0 aliphatic carbocycles. The van der Waals surface area contributed by atoms with Crippen LogP contribution in [0.25, 0.3) is 11.3 Å². The Hall–Kier alpha value is -3.75. The van der Waals surface area contributed by atoms with Crippen molar-refractivity contribution in [1.29, 1.82) is 0 Å². The average molecular weight is 535 g/mol. The standard InChI is InChI=1S/C28H31N4O5P/c1-4-36-38(35,37-5-2)22-15-16-24-23(17-22)26(28(34)31-24)27(19-9-7-6-8-10-19)30-20-11-13-21(14-12-20)32(3)25(33)18-29/h6-17,30H,4-5,18,29H2,1-3H3,(H,31,34). The minimum absolute atomic E-state index is 0.0865. The van der Waals surface area contributed by atoms with Crippen LogP contribution in [0.2, 0.25) is 0 Å². The van der Waals surface area contributed by atoms with Gasteiger partial charge in [-0.05, 0) is 61.9 Å². The van der Waals surface area contributed by atoms with Crippen LogP contribution in [0.5, 0.6) is 0 Å². The zero-order chi connectivity index (χ0) is 27.3. The zero-order valence-corrected chi connectivity index (χ0v) is 22.5. The molecule has 4 N–H and O–H groups in total. The molecule has 0 fully saturated rings. The maximum Gasteiger partial charge on any atom is 0.361 e. The number of amides is 2. The molecule has 1 aliphatic heterocycles. The summed E-state index contributed by atoms with van der Waals surface area (Å²) in [6.45, 7) is 3.85. The highest BCUT2D eigenvalue weighted by Gasteiger charge is 2.33. The van der Waals surface area contributed by atoms with Gasteiger partial charge in [0.05, 0.1) is 36.3 Å². The van der Waals surface area contributed by atoms with Gasteiger partial charge < -0.3 is 30.3 Å². The fraction of sp³-hybridized carbons (Fsp3) is 0.214. The van der Waals surface area contributed by atoms with Gasteiger partial charge in [-0.2, -0.15) is 0 Å². The molecule has 9 nitrogen and oxygen atoms in total. The number of likely N-dealkylation sites (N-methyl/N-ethyl adjacent to an activating group) is 1. The molecule has 0 unspecified atom stereocenters. The molecule has 3 aromatic rings. The van der Waals surface area contributed by atoms with E-state index in [1.54, 1.807) is 51.2 Å². The number of carbonyl (C=O) groups is 2. The molecule has 0 spiro atoms. The number of nitrogens with two attached hydrogens (primary N) is 1. The van der Waals surface area contributed by atoms with Gasteiger partial charge in [-0.15, -0.1) is 0 Å². The molecule has 1 aliphatic rings. The Balaban J connectivity index is 1.81. The molecule has 2 amide bonds. The van der Waals surface area contributed by atoms with Crippen LogP contribution in [0.1, 0.15) is 25.0 Å². The summed E-state index contributed by atoms with van der Waals surface area (Å²) in [6, 6.07) is 21.8. The van der Waals surface area contributed by atoms with Crippen LogP contribution in [0.4, 0.5) is 17.1 Å². The van der Waals surface area contributed by atoms with Crippen molar-refractivity contribution in [1.82, 2.24) is 0 Å². The van der Waals surface area contributed by atoms with E-state index in [0.29, 0.717) is 39.2 Å². The monoisotopic (exact) mass is 534 g/mol. The third-order valence-corrected chi connectivity index (χ3v) is 8.15. The highest BCUT2D eigenvalue weighted by molar-refractivity contribution is 7.62. The van der Waals surface area contributed by atoms with Crippen molar-refractivity contribution in [3.63, 3.8) is 0 Å². The summed E-state index contributed by atoms with van der Waals surface area (Å²) in [5.41, 5.74) is 9.82. The third kappa shape index (κ3) is 5.56. The molecule has 0 radical (unpaired) electrons. The fourth-order valence-corrected chi connectivity index (χ4v) is 5.77. The Bertz CT molecular complexity index is 1400. The first-order chi connectivity index (χ1) is 18.3. The maximum absolute atomic E-state index is 13.5. The predicted molar refractivity (Wildman–Crippen MR) is 151 cm³/mol. The Labute approximate surface area is 222 Å². The van der Waals surface area contributed by atoms with Gasteiger partial charge in [-0.25, -0.2) is 0 Å². The lowest BCUT2D eigenvalue weighted by Gasteiger charge is -2.19. The maximum atomic E-state index is 13.5. The molecule has 0 bridgehead atoms. The number of benzene rings is 3. The van der Waals surface area contributed by atoms with Crippen molar-refractivity contribution in [2.45, 2.75) is 13.8 Å². The third-order valence-electron chi connectivity index (χ3n) is 6.05. The van der Waals surface area contributed by atoms with Gasteiger partial charge in [0.1, 0.15) is 0 Å². The normalized spacial score (nSPS) is 14.1. The summed E-state index contributed by atoms with van der Waals surface area (Å²) in [6.07, 6.45) is 0. The summed E-state index contributed by atoms with van der Waals surface area (Å²) in [7, 11) is -1.91. The van der Waals surface area contributed by atoms with Crippen molar-refractivity contribution in [2.24, 2.45) is 5.73 Å². The molecule has 4 rings (SSSR count). The number of hydrogen-bond acceptors (Lipinski definition) is 7. The smallest absolute Gasteiger partial charge is 0.354 e. The Morgan fingerprint density at radius 1 is 1.00 bits per heavy atom. The summed E-state index contributed by atoms with van der Waals surface area (Å²) >= 11 is 0. The van der Waals surface area contributed by atoms with E-state index in [-0.39, 0.29) is 31.6 Å². The Kier molecular flexibility index (Phi) is 8.44. The van der Waals surface area contributed by atoms with Crippen LogP contribution in [0.3, 0.4) is 0 Å². The number of anilines is 3. The summed E-state index contributed by atoms with van der Waals surface area (Å²) in [5, 5.41) is 6.66. The largest absolute Gasteiger partial charge is 0.361 e. The van der Waals surface area contributed by atoms with E-state index in [1.165, 1.54) is 4.90 Å². The second-order valence-electron chi connectivity index (χ2n) is 8.46. The molecule has 1 heterocycles. The van der Waals surface area contributed by atoms with E-state index < -0.39 is 7.60 Å². The first kappa shape index (κ1) is 27.3. The lowest BCUT2D eigenvalue weighted by Crippen LogP contribution is -2.32. The summed E-state index contributed by atoms with van der Waals surface area (Å²) in [4.78, 5) is 26.7. The van der Waals surface area contributed by atoms with Crippen LogP contribution in [-0.2, 0) is 23.2 Å². The quantitative estimate of drug-likeness (QED) is 0.260. The minimum atomic E-state index is -3.57. The first-order valence-corrected chi connectivity index (χ1v) is 13.8. The first-order valence-electron chi connectivity index (χ1n) is 12.3. The lowest BCUT2D eigenvalue weighted by atomic mass is 10.00. The number of nitrogens with one attached hydrogen (secondary N) is 2. The fourth-order valence-electron chi connectivity index (χ4n) is 4.18. The number of fused-ring (bicyclic) bond motifs is 1. The van der Waals surface area contributed by atoms with Gasteiger partial charge in [0.2, 0.25) is 5.91 Å². The topological polar surface area (TPSA) is 123 Å². The predicted octanol–water partition coefficient (Wildman–Crippen LogP) is 4.43. The number of hydrogen-bond donors (Lipinski definition) is 3. The van der Waals surface area contributed by atoms with Gasteiger partial charge >= 0.3 is 7.60 Å². The second-order valence-corrected chi connectivity index (χ2v) is 10.5. The molecule has 38 heavy (non-hydrogen) atoms. The van der Waals surface area contributed by atoms with Crippen molar-refractivity contribution in [2.75, 3.05) is 42.3 Å². The van der Waals surface area contributed by atoms with E-state index in [9.17, 15) is 14.2 Å². The van der Waals surface area contributed by atoms with E-state index in [1.807, 2.05) is 42.5 Å². The van der Waals surface area contributed by atoms with Crippen LogP contribution in [-0.4, -0.2) is 38.6 Å². The van der Waals surface area contributed by atoms with Crippen molar-refractivity contribution in [3.8, 4) is 0 Å². The molecule has 3 aromatic carbocycles. The highest BCUT2D eigenvalue weighted by Crippen LogP contribution is 2.48. The van der Waals surface area contributed by atoms with E-state index in [4.69, 9.17) is 14.8 Å². The average Bonchev–Trinajstić information content (AvgIpc) is 3.26. The molecule has 0 saturated carbocycles. The van der Waals surface area contributed by atoms with E-state index in [2.05, 4.69) is 10.6 Å². The Morgan fingerprint density at radius 3 is 2.26 bits per heavy atom.